The minimum atomic E-state index is 0.229. The summed E-state index contributed by atoms with van der Waals surface area (Å²) >= 11 is 0. The second-order valence-electron chi connectivity index (χ2n) is 4.93. The first kappa shape index (κ1) is 11.5. The van der Waals surface area contributed by atoms with E-state index in [-0.39, 0.29) is 5.41 Å². The van der Waals surface area contributed by atoms with Crippen molar-refractivity contribution in [2.75, 3.05) is 13.7 Å². The van der Waals surface area contributed by atoms with Crippen LogP contribution in [0.25, 0.3) is 0 Å². The molecule has 0 saturated carbocycles. The van der Waals surface area contributed by atoms with Crippen molar-refractivity contribution in [3.05, 3.63) is 29.8 Å². The lowest BCUT2D eigenvalue weighted by Gasteiger charge is -2.41. The van der Waals surface area contributed by atoms with Crippen LogP contribution < -0.4 is 10.1 Å². The maximum atomic E-state index is 5.31. The van der Waals surface area contributed by atoms with E-state index in [2.05, 4.69) is 37.4 Å². The van der Waals surface area contributed by atoms with Crippen molar-refractivity contribution in [3.63, 3.8) is 0 Å². The highest BCUT2D eigenvalue weighted by Crippen LogP contribution is 2.36. The van der Waals surface area contributed by atoms with E-state index < -0.39 is 0 Å². The Morgan fingerprint density at radius 3 is 2.94 bits per heavy atom. The Morgan fingerprint density at radius 1 is 1.44 bits per heavy atom. The molecule has 2 nitrogen and oxygen atoms in total. The van der Waals surface area contributed by atoms with Gasteiger partial charge in [0.1, 0.15) is 5.75 Å². The molecule has 2 rings (SSSR count). The minimum Gasteiger partial charge on any atom is -0.497 e. The van der Waals surface area contributed by atoms with Crippen LogP contribution in [0.2, 0.25) is 0 Å². The van der Waals surface area contributed by atoms with Gasteiger partial charge in [-0.1, -0.05) is 19.1 Å². The van der Waals surface area contributed by atoms with E-state index >= 15 is 0 Å². The fourth-order valence-corrected chi connectivity index (χ4v) is 2.59. The van der Waals surface area contributed by atoms with Crippen LogP contribution in [-0.4, -0.2) is 19.7 Å². The van der Waals surface area contributed by atoms with Gasteiger partial charge < -0.3 is 10.1 Å². The van der Waals surface area contributed by atoms with Crippen LogP contribution in [0, 0.1) is 0 Å². The Balaban J connectivity index is 2.33. The Hall–Kier alpha value is -1.02. The van der Waals surface area contributed by atoms with Crippen molar-refractivity contribution < 1.29 is 4.74 Å². The van der Waals surface area contributed by atoms with E-state index in [1.54, 1.807) is 7.11 Å². The third-order valence-corrected chi connectivity index (χ3v) is 4.01. The fourth-order valence-electron chi connectivity index (χ4n) is 2.59. The number of benzene rings is 1. The Kier molecular flexibility index (Phi) is 3.20. The van der Waals surface area contributed by atoms with Crippen LogP contribution in [0.1, 0.15) is 32.3 Å². The molecule has 1 aliphatic heterocycles. The molecule has 2 atom stereocenters. The van der Waals surface area contributed by atoms with E-state index in [0.29, 0.717) is 6.04 Å². The lowest BCUT2D eigenvalue weighted by atomic mass is 9.71. The fraction of sp³-hybridized carbons (Fsp3) is 0.571. The molecule has 88 valence electrons. The predicted molar refractivity (Wildman–Crippen MR) is 67.0 cm³/mol. The second-order valence-corrected chi connectivity index (χ2v) is 4.93. The molecule has 0 aromatic heterocycles. The molecule has 1 heterocycles. The number of rotatable bonds is 2. The summed E-state index contributed by atoms with van der Waals surface area (Å²) in [6.07, 6.45) is 2.49. The van der Waals surface area contributed by atoms with Crippen molar-refractivity contribution in [3.8, 4) is 5.75 Å². The van der Waals surface area contributed by atoms with Crippen LogP contribution in [0.4, 0.5) is 0 Å². The van der Waals surface area contributed by atoms with Crippen LogP contribution in [0.5, 0.6) is 5.75 Å². The molecule has 1 aromatic rings. The van der Waals surface area contributed by atoms with Crippen molar-refractivity contribution in [2.45, 2.75) is 38.1 Å². The zero-order chi connectivity index (χ0) is 11.6. The third-order valence-electron chi connectivity index (χ3n) is 4.01. The van der Waals surface area contributed by atoms with Gasteiger partial charge in [0.25, 0.3) is 0 Å². The maximum Gasteiger partial charge on any atom is 0.119 e. The molecule has 1 aromatic carbocycles. The summed E-state index contributed by atoms with van der Waals surface area (Å²) in [5.74, 6) is 0.955. The van der Waals surface area contributed by atoms with Gasteiger partial charge in [-0.2, -0.15) is 0 Å². The monoisotopic (exact) mass is 219 g/mol. The first-order chi connectivity index (χ1) is 7.66. The molecule has 2 heteroatoms. The Labute approximate surface area is 98.0 Å². The zero-order valence-corrected chi connectivity index (χ0v) is 10.4. The van der Waals surface area contributed by atoms with Crippen molar-refractivity contribution in [1.29, 1.82) is 0 Å². The molecule has 0 radical (unpaired) electrons. The van der Waals surface area contributed by atoms with Gasteiger partial charge in [0, 0.05) is 11.5 Å². The Morgan fingerprint density at radius 2 is 2.25 bits per heavy atom. The maximum absolute atomic E-state index is 5.31. The number of hydrogen-bond donors (Lipinski definition) is 1. The van der Waals surface area contributed by atoms with Crippen molar-refractivity contribution in [2.24, 2.45) is 0 Å². The third kappa shape index (κ3) is 1.94. The summed E-state index contributed by atoms with van der Waals surface area (Å²) < 4.78 is 5.31. The van der Waals surface area contributed by atoms with E-state index in [1.165, 1.54) is 18.4 Å². The number of ether oxygens (including phenoxy) is 1. The average Bonchev–Trinajstić information content (AvgIpc) is 2.33. The van der Waals surface area contributed by atoms with Gasteiger partial charge in [0.15, 0.2) is 0 Å². The van der Waals surface area contributed by atoms with E-state index in [4.69, 9.17) is 4.74 Å². The quantitative estimate of drug-likeness (QED) is 0.825. The summed E-state index contributed by atoms with van der Waals surface area (Å²) in [4.78, 5) is 0. The summed E-state index contributed by atoms with van der Waals surface area (Å²) in [5, 5.41) is 3.57. The molecule has 0 bridgehead atoms. The highest BCUT2D eigenvalue weighted by Gasteiger charge is 2.35. The highest BCUT2D eigenvalue weighted by atomic mass is 16.5. The van der Waals surface area contributed by atoms with Gasteiger partial charge >= 0.3 is 0 Å². The van der Waals surface area contributed by atoms with Crippen molar-refractivity contribution in [1.82, 2.24) is 5.32 Å². The van der Waals surface area contributed by atoms with Gasteiger partial charge in [-0.15, -0.1) is 0 Å². The van der Waals surface area contributed by atoms with Gasteiger partial charge in [-0.3, -0.25) is 0 Å². The number of hydrogen-bond acceptors (Lipinski definition) is 2. The topological polar surface area (TPSA) is 21.3 Å². The smallest absolute Gasteiger partial charge is 0.119 e. The summed E-state index contributed by atoms with van der Waals surface area (Å²) in [5.41, 5.74) is 1.61. The highest BCUT2D eigenvalue weighted by molar-refractivity contribution is 5.35. The molecule has 1 aliphatic rings. The van der Waals surface area contributed by atoms with Crippen molar-refractivity contribution >= 4 is 0 Å². The summed E-state index contributed by atoms with van der Waals surface area (Å²) in [6.45, 7) is 5.76. The first-order valence-corrected chi connectivity index (χ1v) is 6.05. The second kappa shape index (κ2) is 4.46. The zero-order valence-electron chi connectivity index (χ0n) is 10.4. The van der Waals surface area contributed by atoms with E-state index in [1.807, 2.05) is 6.07 Å². The SMILES string of the molecule is COc1cccc([C@@]2(C)CCCN[C@@H]2C)c1. The lowest BCUT2D eigenvalue weighted by molar-refractivity contribution is 0.260. The van der Waals surface area contributed by atoms with Gasteiger partial charge in [0.05, 0.1) is 7.11 Å². The van der Waals surface area contributed by atoms with Gasteiger partial charge in [-0.25, -0.2) is 0 Å². The van der Waals surface area contributed by atoms with Crippen LogP contribution in [-0.2, 0) is 5.41 Å². The van der Waals surface area contributed by atoms with Crippen LogP contribution in [0.3, 0.4) is 0 Å². The molecule has 1 N–H and O–H groups in total. The van der Waals surface area contributed by atoms with Gasteiger partial charge in [-0.05, 0) is 44.0 Å². The standard InChI is InChI=1S/C14H21NO/c1-11-14(2,8-5-9-15-11)12-6-4-7-13(10-12)16-3/h4,6-7,10-11,15H,5,8-9H2,1-3H3/t11-,14+/m1/s1. The number of nitrogens with one attached hydrogen (secondary N) is 1. The molecule has 16 heavy (non-hydrogen) atoms. The van der Waals surface area contributed by atoms with E-state index in [0.717, 1.165) is 12.3 Å². The van der Waals surface area contributed by atoms with Gasteiger partial charge in [0.2, 0.25) is 0 Å². The molecule has 0 aliphatic carbocycles. The minimum absolute atomic E-state index is 0.229. The summed E-state index contributed by atoms with van der Waals surface area (Å²) in [7, 11) is 1.73. The average molecular weight is 219 g/mol. The largest absolute Gasteiger partial charge is 0.497 e. The number of piperidine rings is 1. The molecule has 0 unspecified atom stereocenters. The number of methoxy groups -OCH3 is 1. The molecule has 0 amide bonds. The van der Waals surface area contributed by atoms with E-state index in [9.17, 15) is 0 Å². The lowest BCUT2D eigenvalue weighted by Crippen LogP contribution is -2.49. The van der Waals surface area contributed by atoms with Crippen LogP contribution >= 0.6 is 0 Å². The Bertz CT molecular complexity index is 364. The predicted octanol–water partition coefficient (Wildman–Crippen LogP) is 2.72. The molecule has 1 saturated heterocycles. The molecule has 0 spiro atoms. The normalized spacial score (nSPS) is 30.1. The molecular weight excluding hydrogens is 198 g/mol. The van der Waals surface area contributed by atoms with Crippen LogP contribution in [0.15, 0.2) is 24.3 Å². The summed E-state index contributed by atoms with van der Waals surface area (Å²) in [6, 6.07) is 9.00. The first-order valence-electron chi connectivity index (χ1n) is 6.05. The molecular formula is C14H21NO. The molecule has 1 fully saturated rings.